The average molecular weight is 400 g/mol. The van der Waals surface area contributed by atoms with Crippen LogP contribution >= 0.6 is 11.6 Å². The highest BCUT2D eigenvalue weighted by Gasteiger charge is 2.16. The van der Waals surface area contributed by atoms with Gasteiger partial charge in [0.15, 0.2) is 5.76 Å². The Bertz CT molecular complexity index is 945. The fourth-order valence-corrected chi connectivity index (χ4v) is 3.55. The molecule has 0 aliphatic carbocycles. The zero-order chi connectivity index (χ0) is 19.3. The van der Waals surface area contributed by atoms with Crippen LogP contribution < -0.4 is 5.32 Å². The predicted molar refractivity (Wildman–Crippen MR) is 106 cm³/mol. The minimum atomic E-state index is -0.356. The highest BCUT2D eigenvalue weighted by atomic mass is 35.5. The van der Waals surface area contributed by atoms with E-state index in [2.05, 4.69) is 20.3 Å². The van der Waals surface area contributed by atoms with Gasteiger partial charge in [-0.25, -0.2) is 9.67 Å². The normalized spacial score (nSPS) is 14.9. The number of piperidine rings is 1. The molecule has 0 atom stereocenters. The lowest BCUT2D eigenvalue weighted by atomic mass is 10.1. The van der Waals surface area contributed by atoms with Crippen molar-refractivity contribution >= 4 is 23.5 Å². The highest BCUT2D eigenvalue weighted by molar-refractivity contribution is 6.30. The van der Waals surface area contributed by atoms with Crippen LogP contribution in [-0.2, 0) is 13.1 Å². The largest absolute Gasteiger partial charge is 0.455 e. The number of anilines is 1. The van der Waals surface area contributed by atoms with E-state index in [-0.39, 0.29) is 17.6 Å². The summed E-state index contributed by atoms with van der Waals surface area (Å²) in [5.41, 5.74) is 1.00. The molecule has 1 saturated heterocycles. The molecule has 0 radical (unpaired) electrons. The molecule has 3 heterocycles. The van der Waals surface area contributed by atoms with Gasteiger partial charge in [0.1, 0.15) is 12.1 Å². The lowest BCUT2D eigenvalue weighted by molar-refractivity contribution is 0.0991. The number of amides is 1. The van der Waals surface area contributed by atoms with E-state index in [0.717, 1.165) is 31.0 Å². The molecule has 7 nitrogen and oxygen atoms in total. The Kier molecular flexibility index (Phi) is 5.73. The van der Waals surface area contributed by atoms with Crippen LogP contribution in [0.4, 0.5) is 5.95 Å². The molecule has 8 heteroatoms. The van der Waals surface area contributed by atoms with Crippen LogP contribution in [0, 0.1) is 0 Å². The molecule has 1 aliphatic rings. The monoisotopic (exact) mass is 399 g/mol. The second-order valence-electron chi connectivity index (χ2n) is 6.95. The Hall–Kier alpha value is -2.64. The number of nitrogens with zero attached hydrogens (tertiary/aromatic N) is 4. The van der Waals surface area contributed by atoms with Gasteiger partial charge in [0.05, 0.1) is 13.1 Å². The molecule has 1 aliphatic heterocycles. The fourth-order valence-electron chi connectivity index (χ4n) is 3.34. The van der Waals surface area contributed by atoms with Crippen LogP contribution in [0.2, 0.25) is 5.02 Å². The molecule has 1 N–H and O–H groups in total. The van der Waals surface area contributed by atoms with E-state index in [1.807, 2.05) is 30.3 Å². The van der Waals surface area contributed by atoms with Gasteiger partial charge in [-0.1, -0.05) is 30.2 Å². The zero-order valence-corrected chi connectivity index (χ0v) is 16.2. The number of halogens is 1. The number of likely N-dealkylation sites (tertiary alicyclic amines) is 1. The topological polar surface area (TPSA) is 76.2 Å². The summed E-state index contributed by atoms with van der Waals surface area (Å²) in [4.78, 5) is 18.9. The first-order chi connectivity index (χ1) is 13.7. The molecule has 3 aromatic rings. The Balaban J connectivity index is 1.34. The third-order valence-electron chi connectivity index (χ3n) is 4.71. The lowest BCUT2D eigenvalue weighted by Gasteiger charge is -2.25. The van der Waals surface area contributed by atoms with Crippen molar-refractivity contribution in [3.8, 4) is 0 Å². The van der Waals surface area contributed by atoms with Crippen molar-refractivity contribution in [2.24, 2.45) is 0 Å². The number of carbonyl (C=O) groups excluding carboxylic acids is 1. The first-order valence-corrected chi connectivity index (χ1v) is 9.80. The smallest absolute Gasteiger partial charge is 0.293 e. The Morgan fingerprint density at radius 2 is 2.00 bits per heavy atom. The molecule has 146 valence electrons. The lowest BCUT2D eigenvalue weighted by Crippen LogP contribution is -2.28. The van der Waals surface area contributed by atoms with Crippen molar-refractivity contribution in [2.45, 2.75) is 32.4 Å². The van der Waals surface area contributed by atoms with Gasteiger partial charge in [0.2, 0.25) is 5.95 Å². The van der Waals surface area contributed by atoms with Crippen LogP contribution in [-0.4, -0.2) is 38.7 Å². The van der Waals surface area contributed by atoms with Crippen molar-refractivity contribution < 1.29 is 9.21 Å². The van der Waals surface area contributed by atoms with Gasteiger partial charge in [-0.3, -0.25) is 15.0 Å². The van der Waals surface area contributed by atoms with E-state index in [4.69, 9.17) is 16.0 Å². The molecule has 0 saturated carbocycles. The van der Waals surface area contributed by atoms with Gasteiger partial charge >= 0.3 is 0 Å². The molecule has 1 amide bonds. The number of hydrogen-bond acceptors (Lipinski definition) is 5. The van der Waals surface area contributed by atoms with Crippen molar-refractivity contribution in [1.29, 1.82) is 0 Å². The summed E-state index contributed by atoms with van der Waals surface area (Å²) in [6, 6.07) is 11.1. The highest BCUT2D eigenvalue weighted by Crippen LogP contribution is 2.16. The van der Waals surface area contributed by atoms with Crippen LogP contribution in [0.1, 0.15) is 41.1 Å². The number of furan rings is 1. The molecule has 0 spiro atoms. The van der Waals surface area contributed by atoms with E-state index >= 15 is 0 Å². The van der Waals surface area contributed by atoms with Gasteiger partial charge in [-0.15, -0.1) is 5.10 Å². The zero-order valence-electron chi connectivity index (χ0n) is 15.5. The Morgan fingerprint density at radius 1 is 1.14 bits per heavy atom. The third-order valence-corrected chi connectivity index (χ3v) is 4.94. The first-order valence-electron chi connectivity index (χ1n) is 9.42. The molecular weight excluding hydrogens is 378 g/mol. The molecule has 2 aromatic heterocycles. The molecular formula is C20H22ClN5O2. The van der Waals surface area contributed by atoms with Crippen molar-refractivity contribution in [1.82, 2.24) is 19.7 Å². The van der Waals surface area contributed by atoms with E-state index in [1.165, 1.54) is 19.3 Å². The summed E-state index contributed by atoms with van der Waals surface area (Å²) in [5.74, 6) is 0.941. The third kappa shape index (κ3) is 4.79. The first kappa shape index (κ1) is 18.7. The maximum Gasteiger partial charge on any atom is 0.293 e. The van der Waals surface area contributed by atoms with Crippen LogP contribution in [0.25, 0.3) is 0 Å². The van der Waals surface area contributed by atoms with Gasteiger partial charge in [-0.05, 0) is 55.8 Å². The van der Waals surface area contributed by atoms with E-state index < -0.39 is 0 Å². The summed E-state index contributed by atoms with van der Waals surface area (Å²) in [7, 11) is 0. The number of rotatable bonds is 6. The number of aromatic nitrogens is 3. The summed E-state index contributed by atoms with van der Waals surface area (Å²) in [5, 5.41) is 7.63. The van der Waals surface area contributed by atoms with E-state index in [0.29, 0.717) is 11.6 Å². The summed E-state index contributed by atoms with van der Waals surface area (Å²) >= 11 is 6.00. The fraction of sp³-hybridized carbons (Fsp3) is 0.350. The van der Waals surface area contributed by atoms with Crippen LogP contribution in [0.3, 0.4) is 0 Å². The maximum atomic E-state index is 12.4. The Labute approximate surface area is 168 Å². The van der Waals surface area contributed by atoms with E-state index in [9.17, 15) is 4.79 Å². The van der Waals surface area contributed by atoms with Crippen molar-refractivity contribution in [3.63, 3.8) is 0 Å². The molecule has 0 unspecified atom stereocenters. The maximum absolute atomic E-state index is 12.4. The van der Waals surface area contributed by atoms with Crippen LogP contribution in [0.15, 0.2) is 47.1 Å². The number of benzene rings is 1. The predicted octanol–water partition coefficient (Wildman–Crippen LogP) is 3.81. The molecule has 28 heavy (non-hydrogen) atoms. The van der Waals surface area contributed by atoms with Gasteiger partial charge in [-0.2, -0.15) is 0 Å². The second kappa shape index (κ2) is 8.58. The molecule has 4 rings (SSSR count). The molecule has 1 aromatic carbocycles. The van der Waals surface area contributed by atoms with Crippen LogP contribution in [0.5, 0.6) is 0 Å². The molecule has 1 fully saturated rings. The van der Waals surface area contributed by atoms with Crippen molar-refractivity contribution in [2.75, 3.05) is 18.4 Å². The van der Waals surface area contributed by atoms with Gasteiger partial charge in [0, 0.05) is 5.02 Å². The minimum absolute atomic E-state index is 0.237. The second-order valence-corrected chi connectivity index (χ2v) is 7.39. The van der Waals surface area contributed by atoms with Crippen molar-refractivity contribution in [3.05, 3.63) is 64.8 Å². The quantitative estimate of drug-likeness (QED) is 0.682. The van der Waals surface area contributed by atoms with Gasteiger partial charge < -0.3 is 4.42 Å². The molecule has 0 bridgehead atoms. The average Bonchev–Trinajstić information content (AvgIpc) is 3.32. The number of hydrogen-bond donors (Lipinski definition) is 1. The van der Waals surface area contributed by atoms with E-state index in [1.54, 1.807) is 17.1 Å². The number of carbonyl (C=O) groups is 1. The summed E-state index contributed by atoms with van der Waals surface area (Å²) < 4.78 is 7.35. The Morgan fingerprint density at radius 3 is 2.82 bits per heavy atom. The summed E-state index contributed by atoms with van der Waals surface area (Å²) in [6.07, 6.45) is 5.30. The standard InChI is InChI=1S/C20H22ClN5O2/c21-16-6-4-5-15(11-16)12-26-14-22-20(24-26)23-19(27)18-8-7-17(28-18)13-25-9-2-1-3-10-25/h4-8,11,14H,1-3,9-10,12-13H2,(H,23,24,27). The SMILES string of the molecule is O=C(Nc1ncn(Cc2cccc(Cl)c2)n1)c1ccc(CN2CCCCC2)o1. The minimum Gasteiger partial charge on any atom is -0.455 e. The summed E-state index contributed by atoms with van der Waals surface area (Å²) in [6.45, 7) is 3.41. The van der Waals surface area contributed by atoms with Gasteiger partial charge in [0.25, 0.3) is 5.91 Å². The number of nitrogens with one attached hydrogen (secondary N) is 1.